The summed E-state index contributed by atoms with van der Waals surface area (Å²) in [6.45, 7) is 6.84. The van der Waals surface area contributed by atoms with E-state index in [1.807, 2.05) is 18.2 Å². The number of aromatic carboxylic acids is 1. The van der Waals surface area contributed by atoms with E-state index in [-0.39, 0.29) is 17.2 Å². The van der Waals surface area contributed by atoms with Crippen LogP contribution in [0.3, 0.4) is 0 Å². The van der Waals surface area contributed by atoms with Gasteiger partial charge in [0.15, 0.2) is 11.6 Å². The fraction of sp³-hybridized carbons (Fsp3) is 0.303. The van der Waals surface area contributed by atoms with Crippen LogP contribution in [0.15, 0.2) is 65.6 Å². The Balaban J connectivity index is 1.36. The molecule has 0 radical (unpaired) electrons. The second-order valence-corrected chi connectivity index (χ2v) is 11.9. The first-order chi connectivity index (χ1) is 21.3. The van der Waals surface area contributed by atoms with Crippen molar-refractivity contribution in [3.05, 3.63) is 88.1 Å². The molecule has 2 aliphatic heterocycles. The number of hydrogen-bond donors (Lipinski definition) is 1. The second kappa shape index (κ2) is 14.8. The molecule has 0 aliphatic carbocycles. The van der Waals surface area contributed by atoms with Gasteiger partial charge >= 0.3 is 5.97 Å². The molecule has 2 heterocycles. The number of halogens is 1. The van der Waals surface area contributed by atoms with Gasteiger partial charge in [0, 0.05) is 31.7 Å². The highest BCUT2D eigenvalue weighted by Crippen LogP contribution is 2.36. The number of thioether (sulfide) groups is 1. The maximum atomic E-state index is 14.7. The predicted molar refractivity (Wildman–Crippen MR) is 173 cm³/mol. The van der Waals surface area contributed by atoms with E-state index in [1.165, 1.54) is 17.8 Å². The van der Waals surface area contributed by atoms with Gasteiger partial charge in [-0.2, -0.15) is 0 Å². The van der Waals surface area contributed by atoms with E-state index in [0.717, 1.165) is 30.8 Å². The molecule has 5 rings (SSSR count). The maximum Gasteiger partial charge on any atom is 0.335 e. The Morgan fingerprint density at radius 2 is 1.73 bits per heavy atom. The van der Waals surface area contributed by atoms with Crippen molar-refractivity contribution in [3.63, 3.8) is 0 Å². The minimum absolute atomic E-state index is 0.195. The third kappa shape index (κ3) is 7.84. The number of amides is 1. The van der Waals surface area contributed by atoms with Gasteiger partial charge in [-0.05, 0) is 72.5 Å². The smallest absolute Gasteiger partial charge is 0.335 e. The van der Waals surface area contributed by atoms with Gasteiger partial charge < -0.3 is 19.3 Å². The Bertz CT molecular complexity index is 1560. The molecule has 230 valence electrons. The van der Waals surface area contributed by atoms with Crippen molar-refractivity contribution in [1.29, 1.82) is 0 Å². The average Bonchev–Trinajstić information content (AvgIpc) is 3.29. The average molecular weight is 637 g/mol. The van der Waals surface area contributed by atoms with E-state index < -0.39 is 11.8 Å². The van der Waals surface area contributed by atoms with Crippen molar-refractivity contribution in [2.24, 2.45) is 0 Å². The molecule has 0 spiro atoms. The fourth-order valence-corrected chi connectivity index (χ4v) is 6.22. The SMILES string of the molecule is CCOc1ccc(-c2ccc(OCCN3CCOCC3)c(C=C3SC(=S)N(CCc4ccc(C(=O)O)cc4)C3=O)c2)cc1F. The van der Waals surface area contributed by atoms with Gasteiger partial charge in [-0.25, -0.2) is 9.18 Å². The minimum atomic E-state index is -0.986. The zero-order valence-electron chi connectivity index (χ0n) is 24.3. The summed E-state index contributed by atoms with van der Waals surface area (Å²) in [5.74, 6) is -0.841. The number of carboxylic acid groups (broad SMARTS) is 1. The Morgan fingerprint density at radius 3 is 2.41 bits per heavy atom. The van der Waals surface area contributed by atoms with Crippen LogP contribution in [0, 0.1) is 5.82 Å². The predicted octanol–water partition coefficient (Wildman–Crippen LogP) is 5.74. The molecule has 2 saturated heterocycles. The Labute approximate surface area is 265 Å². The molecule has 0 saturated carbocycles. The van der Waals surface area contributed by atoms with Crippen molar-refractivity contribution in [2.75, 3.05) is 52.6 Å². The molecular weight excluding hydrogens is 604 g/mol. The number of morpholine rings is 1. The third-order valence-electron chi connectivity index (χ3n) is 7.33. The Morgan fingerprint density at radius 1 is 1.02 bits per heavy atom. The molecule has 11 heteroatoms. The van der Waals surface area contributed by atoms with Crippen molar-refractivity contribution < 1.29 is 33.3 Å². The first kappa shape index (κ1) is 31.6. The van der Waals surface area contributed by atoms with Gasteiger partial charge in [-0.15, -0.1) is 0 Å². The summed E-state index contributed by atoms with van der Waals surface area (Å²) in [6.07, 6.45) is 2.30. The van der Waals surface area contributed by atoms with E-state index in [0.29, 0.717) is 65.5 Å². The summed E-state index contributed by atoms with van der Waals surface area (Å²) in [7, 11) is 0. The molecule has 3 aromatic carbocycles. The number of carbonyl (C=O) groups excluding carboxylic acids is 1. The molecule has 0 bridgehead atoms. The number of nitrogens with zero attached hydrogens (tertiary/aromatic N) is 2. The minimum Gasteiger partial charge on any atom is -0.492 e. The van der Waals surface area contributed by atoms with Gasteiger partial charge in [0.2, 0.25) is 0 Å². The van der Waals surface area contributed by atoms with Crippen LogP contribution in [-0.2, 0) is 16.0 Å². The second-order valence-electron chi connectivity index (χ2n) is 10.2. The molecule has 0 atom stereocenters. The lowest BCUT2D eigenvalue weighted by Gasteiger charge is -2.26. The first-order valence-corrected chi connectivity index (χ1v) is 15.6. The van der Waals surface area contributed by atoms with E-state index >= 15 is 0 Å². The highest BCUT2D eigenvalue weighted by atomic mass is 32.2. The van der Waals surface area contributed by atoms with Crippen LogP contribution in [0.2, 0.25) is 0 Å². The number of thiocarbonyl (C=S) groups is 1. The zero-order valence-corrected chi connectivity index (χ0v) is 25.9. The maximum absolute atomic E-state index is 14.7. The lowest BCUT2D eigenvalue weighted by molar-refractivity contribution is -0.122. The summed E-state index contributed by atoms with van der Waals surface area (Å²) in [6, 6.07) is 17.0. The van der Waals surface area contributed by atoms with Crippen molar-refractivity contribution >= 4 is 46.3 Å². The van der Waals surface area contributed by atoms with Crippen molar-refractivity contribution in [3.8, 4) is 22.6 Å². The van der Waals surface area contributed by atoms with E-state index in [9.17, 15) is 14.0 Å². The van der Waals surface area contributed by atoms with Crippen LogP contribution in [0.5, 0.6) is 11.5 Å². The van der Waals surface area contributed by atoms with Crippen LogP contribution in [-0.4, -0.2) is 83.7 Å². The van der Waals surface area contributed by atoms with Crippen LogP contribution < -0.4 is 9.47 Å². The molecule has 1 amide bonds. The monoisotopic (exact) mass is 636 g/mol. The summed E-state index contributed by atoms with van der Waals surface area (Å²) in [4.78, 5) is 28.9. The van der Waals surface area contributed by atoms with E-state index in [4.69, 9.17) is 31.5 Å². The third-order valence-corrected chi connectivity index (χ3v) is 8.71. The molecule has 3 aromatic rings. The van der Waals surface area contributed by atoms with Crippen LogP contribution >= 0.6 is 24.0 Å². The van der Waals surface area contributed by atoms with Crippen molar-refractivity contribution in [2.45, 2.75) is 13.3 Å². The Kier molecular flexibility index (Phi) is 10.6. The van der Waals surface area contributed by atoms with Crippen LogP contribution in [0.25, 0.3) is 17.2 Å². The van der Waals surface area contributed by atoms with Gasteiger partial charge in [-0.1, -0.05) is 48.2 Å². The molecule has 0 aromatic heterocycles. The number of rotatable bonds is 12. The van der Waals surface area contributed by atoms with Crippen LogP contribution in [0.4, 0.5) is 4.39 Å². The number of carboxylic acids is 1. The van der Waals surface area contributed by atoms with Gasteiger partial charge in [0.05, 0.1) is 30.3 Å². The van der Waals surface area contributed by atoms with Gasteiger partial charge in [-0.3, -0.25) is 14.6 Å². The largest absolute Gasteiger partial charge is 0.492 e. The molecule has 0 unspecified atom stereocenters. The lowest BCUT2D eigenvalue weighted by atomic mass is 10.0. The molecule has 44 heavy (non-hydrogen) atoms. The lowest BCUT2D eigenvalue weighted by Crippen LogP contribution is -2.38. The summed E-state index contributed by atoms with van der Waals surface area (Å²) < 4.78 is 32.1. The standard InChI is InChI=1S/C33H33FN2O6S2/c1-2-41-29-10-8-25(20-27(29)34)24-7-9-28(42-18-15-35-13-16-40-17-14-35)26(19-24)21-30-31(37)36(33(43)44-30)12-11-22-3-5-23(6-4-22)32(38)39/h3-10,19-21H,2,11-18H2,1H3,(H,38,39). The number of hydrogen-bond acceptors (Lipinski definition) is 8. The summed E-state index contributed by atoms with van der Waals surface area (Å²) in [5.41, 5.74) is 3.23. The van der Waals surface area contributed by atoms with Gasteiger partial charge in [0.1, 0.15) is 16.7 Å². The topological polar surface area (TPSA) is 88.5 Å². The summed E-state index contributed by atoms with van der Waals surface area (Å²) in [5, 5.41) is 9.13. The molecule has 8 nitrogen and oxygen atoms in total. The number of carbonyl (C=O) groups is 2. The normalized spacial score (nSPS) is 16.5. The number of benzene rings is 3. The zero-order chi connectivity index (χ0) is 31.1. The first-order valence-electron chi connectivity index (χ1n) is 14.4. The highest BCUT2D eigenvalue weighted by Gasteiger charge is 2.32. The molecular formula is C33H33FN2O6S2. The molecule has 2 aliphatic rings. The van der Waals surface area contributed by atoms with Crippen molar-refractivity contribution in [1.82, 2.24) is 9.80 Å². The highest BCUT2D eigenvalue weighted by molar-refractivity contribution is 8.26. The molecule has 2 fully saturated rings. The Hall–Kier alpha value is -3.77. The number of ether oxygens (including phenoxy) is 3. The quantitative estimate of drug-likeness (QED) is 0.197. The van der Waals surface area contributed by atoms with E-state index in [2.05, 4.69) is 4.90 Å². The summed E-state index contributed by atoms with van der Waals surface area (Å²) >= 11 is 6.78. The van der Waals surface area contributed by atoms with E-state index in [1.54, 1.807) is 54.3 Å². The van der Waals surface area contributed by atoms with Gasteiger partial charge in [0.25, 0.3) is 5.91 Å². The molecule has 1 N–H and O–H groups in total. The van der Waals surface area contributed by atoms with Crippen LogP contribution in [0.1, 0.15) is 28.4 Å². The fourth-order valence-electron chi connectivity index (χ4n) is 4.92.